The molecule has 4 amide bonds. The Kier molecular flexibility index (Phi) is 8.97. The highest BCUT2D eigenvalue weighted by Gasteiger charge is 2.47. The minimum atomic E-state index is -0.925. The number of benzene rings is 1. The molecule has 2 heterocycles. The van der Waals surface area contributed by atoms with Crippen molar-refractivity contribution in [1.82, 2.24) is 9.80 Å². The van der Waals surface area contributed by atoms with Crippen molar-refractivity contribution in [3.8, 4) is 5.75 Å². The minimum Gasteiger partial charge on any atom is -0.486 e. The number of ether oxygens (including phenoxy) is 3. The van der Waals surface area contributed by atoms with Crippen LogP contribution < -0.4 is 4.74 Å². The first-order valence-corrected chi connectivity index (χ1v) is 20.4. The summed E-state index contributed by atoms with van der Waals surface area (Å²) in [4.78, 5) is 106. The third-order valence-corrected chi connectivity index (χ3v) is 12.8. The van der Waals surface area contributed by atoms with Crippen molar-refractivity contribution in [2.75, 3.05) is 7.05 Å². The molecule has 0 bridgehead atoms. The van der Waals surface area contributed by atoms with E-state index in [1.165, 1.54) is 18.0 Å². The zero-order valence-electron chi connectivity index (χ0n) is 33.2. The van der Waals surface area contributed by atoms with Gasteiger partial charge in [0.15, 0.2) is 23.1 Å². The first kappa shape index (κ1) is 38.2. The molecule has 1 saturated heterocycles. The van der Waals surface area contributed by atoms with E-state index < -0.39 is 47.7 Å². The van der Waals surface area contributed by atoms with Crippen LogP contribution in [0.15, 0.2) is 136 Å². The number of amides is 4. The van der Waals surface area contributed by atoms with Crippen LogP contribution in [0.25, 0.3) is 0 Å². The molecule has 0 N–H and O–H groups in total. The Morgan fingerprint density at radius 2 is 1.25 bits per heavy atom. The van der Waals surface area contributed by atoms with E-state index in [4.69, 9.17) is 14.2 Å². The summed E-state index contributed by atoms with van der Waals surface area (Å²) in [5, 5.41) is 0. The number of Topliss-reactive ketones (excluding diaryl/α,β-unsaturated/α-hetero) is 4. The third kappa shape index (κ3) is 6.20. The van der Waals surface area contributed by atoms with Gasteiger partial charge in [-0.2, -0.15) is 0 Å². The Morgan fingerprint density at radius 3 is 1.95 bits per heavy atom. The Labute approximate surface area is 349 Å². The lowest BCUT2D eigenvalue weighted by Crippen LogP contribution is -2.29. The van der Waals surface area contributed by atoms with E-state index in [0.717, 1.165) is 4.90 Å². The number of ketones is 4. The van der Waals surface area contributed by atoms with Crippen LogP contribution in [0.2, 0.25) is 0 Å². The molecule has 2 aliphatic heterocycles. The molecule has 3 fully saturated rings. The Balaban J connectivity index is 0.769. The standard InChI is InChI=1S/C48H38N2O11/c1-23-41(51)32-15-11-28(19-36(32)42(23)52)60-31-14-18-35-39(22-31)48(58)50(47(35)57)25-5-9-27(10-6-25)59-26-7-3-24(4-8-26)40-43(53)33-16-12-29(20-37(33)44(40)54)61-30-13-17-34-38(21-30)46(56)49(2)45(34)55/h3,5,7,9,13-23,28-29,34,38,40H,4,6,8,10-12H2,1-2H3. The van der Waals surface area contributed by atoms with Crippen LogP contribution in [-0.2, 0) is 38.2 Å². The Morgan fingerprint density at radius 1 is 0.623 bits per heavy atom. The maximum absolute atomic E-state index is 13.7. The van der Waals surface area contributed by atoms with Crippen LogP contribution in [0.1, 0.15) is 66.2 Å². The Bertz CT molecular complexity index is 2690. The summed E-state index contributed by atoms with van der Waals surface area (Å²) in [6.07, 6.45) is 20.2. The predicted octanol–water partition coefficient (Wildman–Crippen LogP) is 5.35. The molecule has 1 aromatic carbocycles. The summed E-state index contributed by atoms with van der Waals surface area (Å²) in [5.74, 6) is -3.05. The maximum Gasteiger partial charge on any atom is 0.266 e. The highest BCUT2D eigenvalue weighted by molar-refractivity contribution is 6.31. The largest absolute Gasteiger partial charge is 0.486 e. The molecule has 10 rings (SSSR count). The normalized spacial score (nSPS) is 29.1. The molecule has 13 heteroatoms. The molecule has 61 heavy (non-hydrogen) atoms. The highest BCUT2D eigenvalue weighted by atomic mass is 16.5. The van der Waals surface area contributed by atoms with Crippen molar-refractivity contribution in [2.24, 2.45) is 23.7 Å². The van der Waals surface area contributed by atoms with E-state index in [2.05, 4.69) is 0 Å². The van der Waals surface area contributed by atoms with Crippen molar-refractivity contribution in [1.29, 1.82) is 0 Å². The summed E-state index contributed by atoms with van der Waals surface area (Å²) in [6.45, 7) is 1.60. The fourth-order valence-corrected chi connectivity index (χ4v) is 9.45. The fourth-order valence-electron chi connectivity index (χ4n) is 9.45. The van der Waals surface area contributed by atoms with Gasteiger partial charge in [-0.15, -0.1) is 0 Å². The van der Waals surface area contributed by atoms with E-state index >= 15 is 0 Å². The van der Waals surface area contributed by atoms with Crippen molar-refractivity contribution in [2.45, 2.75) is 57.7 Å². The van der Waals surface area contributed by atoms with Crippen molar-refractivity contribution < 1.29 is 52.6 Å². The first-order valence-electron chi connectivity index (χ1n) is 20.4. The van der Waals surface area contributed by atoms with Crippen LogP contribution in [0.3, 0.4) is 0 Å². The predicted molar refractivity (Wildman–Crippen MR) is 214 cm³/mol. The molecule has 0 spiro atoms. The zero-order valence-corrected chi connectivity index (χ0v) is 33.2. The van der Waals surface area contributed by atoms with Gasteiger partial charge in [-0.3, -0.25) is 43.3 Å². The van der Waals surface area contributed by atoms with E-state index in [1.54, 1.807) is 85.9 Å². The second-order valence-corrected chi connectivity index (χ2v) is 16.4. The molecule has 9 aliphatic rings. The van der Waals surface area contributed by atoms with E-state index in [-0.39, 0.29) is 46.1 Å². The van der Waals surface area contributed by atoms with Gasteiger partial charge in [0.1, 0.15) is 41.2 Å². The number of likely N-dealkylation sites (tertiary alicyclic amines) is 1. The van der Waals surface area contributed by atoms with Gasteiger partial charge in [0.2, 0.25) is 11.8 Å². The molecule has 2 saturated carbocycles. The van der Waals surface area contributed by atoms with Gasteiger partial charge in [0, 0.05) is 60.7 Å². The molecule has 13 nitrogen and oxygen atoms in total. The van der Waals surface area contributed by atoms with Crippen molar-refractivity contribution in [3.63, 3.8) is 0 Å². The summed E-state index contributed by atoms with van der Waals surface area (Å²) in [5.41, 5.74) is 3.22. The molecule has 306 valence electrons. The molecule has 6 atom stereocenters. The van der Waals surface area contributed by atoms with Crippen molar-refractivity contribution >= 4 is 46.8 Å². The van der Waals surface area contributed by atoms with Gasteiger partial charge in [0.05, 0.1) is 28.9 Å². The topological polar surface area (TPSA) is 171 Å². The second-order valence-electron chi connectivity index (χ2n) is 16.4. The van der Waals surface area contributed by atoms with E-state index in [9.17, 15) is 38.4 Å². The smallest absolute Gasteiger partial charge is 0.266 e. The summed E-state index contributed by atoms with van der Waals surface area (Å²) in [6, 6.07) is 4.72. The number of imide groups is 2. The van der Waals surface area contributed by atoms with Gasteiger partial charge in [-0.1, -0.05) is 29.9 Å². The summed E-state index contributed by atoms with van der Waals surface area (Å²) < 4.78 is 18.4. The monoisotopic (exact) mass is 818 g/mol. The third-order valence-electron chi connectivity index (χ3n) is 12.8. The second kappa shape index (κ2) is 14.3. The lowest BCUT2D eigenvalue weighted by atomic mass is 9.88. The molecule has 6 unspecified atom stereocenters. The number of fused-ring (bicyclic) bond motifs is 4. The van der Waals surface area contributed by atoms with Crippen LogP contribution in [0, 0.1) is 23.7 Å². The molecule has 0 radical (unpaired) electrons. The average Bonchev–Trinajstić information content (AvgIpc) is 3.84. The van der Waals surface area contributed by atoms with Crippen molar-refractivity contribution in [3.05, 3.63) is 147 Å². The molecule has 0 aromatic heterocycles. The average molecular weight is 819 g/mol. The Hall–Kier alpha value is -7.02. The van der Waals surface area contributed by atoms with Crippen LogP contribution in [0.5, 0.6) is 5.75 Å². The number of carbonyl (C=O) groups excluding carboxylic acids is 8. The molecular formula is C48H38N2O11. The van der Waals surface area contributed by atoms with E-state index in [0.29, 0.717) is 95.1 Å². The minimum absolute atomic E-state index is 0.182. The summed E-state index contributed by atoms with van der Waals surface area (Å²) in [7, 11) is 1.46. The van der Waals surface area contributed by atoms with Crippen LogP contribution in [-0.4, -0.2) is 75.8 Å². The van der Waals surface area contributed by atoms with Gasteiger partial charge in [0.25, 0.3) is 11.8 Å². The molecular weight excluding hydrogens is 781 g/mol. The summed E-state index contributed by atoms with van der Waals surface area (Å²) >= 11 is 0. The zero-order chi connectivity index (χ0) is 42.4. The molecule has 7 aliphatic carbocycles. The van der Waals surface area contributed by atoms with Gasteiger partial charge in [-0.05, 0) is 80.5 Å². The lowest BCUT2D eigenvalue weighted by molar-refractivity contribution is -0.138. The lowest BCUT2D eigenvalue weighted by Gasteiger charge is -2.23. The highest BCUT2D eigenvalue weighted by Crippen LogP contribution is 2.42. The van der Waals surface area contributed by atoms with Gasteiger partial charge in [-0.25, -0.2) is 4.90 Å². The molecule has 1 aromatic rings. The van der Waals surface area contributed by atoms with Crippen LogP contribution >= 0.6 is 0 Å². The first-order chi connectivity index (χ1) is 29.4. The quantitative estimate of drug-likeness (QED) is 0.245. The number of hydrogen-bond donors (Lipinski definition) is 0. The number of allylic oxidation sites excluding steroid dienone is 13. The number of rotatable bonds is 8. The van der Waals surface area contributed by atoms with E-state index in [1.807, 2.05) is 0 Å². The van der Waals surface area contributed by atoms with Gasteiger partial charge < -0.3 is 14.2 Å². The van der Waals surface area contributed by atoms with Crippen LogP contribution in [0.4, 0.5) is 0 Å². The van der Waals surface area contributed by atoms with Gasteiger partial charge >= 0.3 is 0 Å². The maximum atomic E-state index is 13.7. The number of hydrogen-bond acceptors (Lipinski definition) is 11. The fraction of sp³-hybridized carbons (Fsp3) is 0.292. The number of carbonyl (C=O) groups is 8. The SMILES string of the molecule is CC1C(=O)C2=CCC(Oc3ccc4c(c3)C(=O)N(C3=CC=C(OC5=CC=C(C6C(=O)C7=CCC(OC8=CC9C(=O)N(C)C(=O)C9C=C8)C=C7C6=O)CC5)CC3)C4=O)C=C2C1=O. The number of nitrogens with zero attached hydrogens (tertiary/aromatic N) is 2.